The molecule has 0 spiro atoms. The van der Waals surface area contributed by atoms with Crippen molar-refractivity contribution in [1.82, 2.24) is 9.47 Å². The van der Waals surface area contributed by atoms with Gasteiger partial charge in [-0.15, -0.1) is 0 Å². The van der Waals surface area contributed by atoms with Gasteiger partial charge in [0.1, 0.15) is 5.69 Å². The highest BCUT2D eigenvalue weighted by atomic mass is 16.2. The molecule has 17 heavy (non-hydrogen) atoms. The molecule has 1 aromatic rings. The monoisotopic (exact) mass is 237 g/mol. The molecule has 0 aliphatic rings. The summed E-state index contributed by atoms with van der Waals surface area (Å²) in [6, 6.07) is 1.76. The maximum absolute atomic E-state index is 12.4. The Morgan fingerprint density at radius 3 is 2.59 bits per heavy atom. The molecule has 0 unspecified atom stereocenters. The summed E-state index contributed by atoms with van der Waals surface area (Å²) >= 11 is 0. The largest absolute Gasteiger partial charge is 0.397 e. The molecule has 0 bridgehead atoms. The zero-order valence-electron chi connectivity index (χ0n) is 11.2. The molecule has 1 heterocycles. The van der Waals surface area contributed by atoms with Gasteiger partial charge in [0.15, 0.2) is 0 Å². The highest BCUT2D eigenvalue weighted by molar-refractivity contribution is 5.93. The third-order valence-electron chi connectivity index (χ3n) is 2.73. The van der Waals surface area contributed by atoms with Crippen LogP contribution in [0.1, 0.15) is 38.2 Å². The van der Waals surface area contributed by atoms with Crippen LogP contribution in [0.5, 0.6) is 0 Å². The van der Waals surface area contributed by atoms with Crippen molar-refractivity contribution in [3.8, 4) is 0 Å². The van der Waals surface area contributed by atoms with Crippen molar-refractivity contribution in [2.45, 2.75) is 34.2 Å². The summed E-state index contributed by atoms with van der Waals surface area (Å²) in [5.41, 5.74) is 7.08. The van der Waals surface area contributed by atoms with E-state index in [-0.39, 0.29) is 5.91 Å². The molecular formula is C13H23N3O. The Bertz CT molecular complexity index is 382. The molecule has 0 saturated carbocycles. The normalized spacial score (nSPS) is 10.9. The Kier molecular flexibility index (Phi) is 4.61. The lowest BCUT2D eigenvalue weighted by Crippen LogP contribution is -2.35. The highest BCUT2D eigenvalue weighted by Crippen LogP contribution is 2.14. The second-order valence-corrected chi connectivity index (χ2v) is 4.68. The number of aryl methyl sites for hydroxylation is 1. The number of hydrogen-bond acceptors (Lipinski definition) is 2. The molecule has 1 amide bonds. The molecule has 0 fully saturated rings. The minimum atomic E-state index is 0.0692. The van der Waals surface area contributed by atoms with E-state index in [1.54, 1.807) is 6.07 Å². The Hall–Kier alpha value is -1.45. The molecule has 1 aromatic heterocycles. The fraction of sp³-hybridized carbons (Fsp3) is 0.615. The second kappa shape index (κ2) is 5.75. The van der Waals surface area contributed by atoms with E-state index < -0.39 is 0 Å². The van der Waals surface area contributed by atoms with Crippen molar-refractivity contribution in [2.75, 3.05) is 18.8 Å². The van der Waals surface area contributed by atoms with Gasteiger partial charge in [-0.05, 0) is 25.8 Å². The SMILES string of the molecule is CCN(CC(C)C)C(=O)c1cc(N)cn1CC. The van der Waals surface area contributed by atoms with Crippen molar-refractivity contribution in [3.05, 3.63) is 18.0 Å². The van der Waals surface area contributed by atoms with Crippen LogP contribution in [-0.4, -0.2) is 28.5 Å². The van der Waals surface area contributed by atoms with Crippen LogP contribution >= 0.6 is 0 Å². The van der Waals surface area contributed by atoms with Gasteiger partial charge >= 0.3 is 0 Å². The Morgan fingerprint density at radius 1 is 1.47 bits per heavy atom. The first kappa shape index (κ1) is 13.6. The number of nitrogens with two attached hydrogens (primary N) is 1. The number of nitrogens with zero attached hydrogens (tertiary/aromatic N) is 2. The number of carbonyl (C=O) groups excluding carboxylic acids is 1. The van der Waals surface area contributed by atoms with Crippen molar-refractivity contribution >= 4 is 11.6 Å². The van der Waals surface area contributed by atoms with Crippen LogP contribution in [0.15, 0.2) is 12.3 Å². The number of anilines is 1. The molecule has 0 aromatic carbocycles. The van der Waals surface area contributed by atoms with Crippen LogP contribution in [-0.2, 0) is 6.54 Å². The molecule has 4 heteroatoms. The summed E-state index contributed by atoms with van der Waals surface area (Å²) in [6.07, 6.45) is 1.82. The number of carbonyl (C=O) groups is 1. The van der Waals surface area contributed by atoms with Crippen LogP contribution < -0.4 is 5.73 Å². The summed E-state index contributed by atoms with van der Waals surface area (Å²) in [4.78, 5) is 14.2. The zero-order valence-corrected chi connectivity index (χ0v) is 11.2. The van der Waals surface area contributed by atoms with E-state index in [1.165, 1.54) is 0 Å². The van der Waals surface area contributed by atoms with Gasteiger partial charge in [-0.3, -0.25) is 4.79 Å². The number of aromatic nitrogens is 1. The molecule has 0 radical (unpaired) electrons. The van der Waals surface area contributed by atoms with E-state index in [4.69, 9.17) is 5.73 Å². The van der Waals surface area contributed by atoms with E-state index in [1.807, 2.05) is 29.5 Å². The number of nitrogen functional groups attached to an aromatic ring is 1. The van der Waals surface area contributed by atoms with Crippen LogP contribution in [0, 0.1) is 5.92 Å². The minimum Gasteiger partial charge on any atom is -0.397 e. The first-order valence-electron chi connectivity index (χ1n) is 6.24. The lowest BCUT2D eigenvalue weighted by molar-refractivity contribution is 0.0735. The van der Waals surface area contributed by atoms with Crippen LogP contribution in [0.25, 0.3) is 0 Å². The molecular weight excluding hydrogens is 214 g/mol. The average Bonchev–Trinajstić information content (AvgIpc) is 2.66. The van der Waals surface area contributed by atoms with Crippen molar-refractivity contribution in [1.29, 1.82) is 0 Å². The molecule has 0 saturated heterocycles. The number of hydrogen-bond donors (Lipinski definition) is 1. The van der Waals surface area contributed by atoms with E-state index in [9.17, 15) is 4.79 Å². The molecule has 2 N–H and O–H groups in total. The molecule has 4 nitrogen and oxygen atoms in total. The first-order valence-corrected chi connectivity index (χ1v) is 6.24. The van der Waals surface area contributed by atoms with Crippen LogP contribution in [0.2, 0.25) is 0 Å². The molecule has 96 valence electrons. The van der Waals surface area contributed by atoms with Gasteiger partial charge in [0, 0.05) is 25.8 Å². The Labute approximate surface area is 103 Å². The minimum absolute atomic E-state index is 0.0692. The zero-order chi connectivity index (χ0) is 13.0. The van der Waals surface area contributed by atoms with Gasteiger partial charge in [0.25, 0.3) is 5.91 Å². The van der Waals surface area contributed by atoms with Crippen LogP contribution in [0.4, 0.5) is 5.69 Å². The van der Waals surface area contributed by atoms with E-state index >= 15 is 0 Å². The third-order valence-corrected chi connectivity index (χ3v) is 2.73. The maximum atomic E-state index is 12.4. The van der Waals surface area contributed by atoms with Gasteiger partial charge in [-0.25, -0.2) is 0 Å². The second-order valence-electron chi connectivity index (χ2n) is 4.68. The molecule has 0 atom stereocenters. The fourth-order valence-corrected chi connectivity index (χ4v) is 1.93. The van der Waals surface area contributed by atoms with Gasteiger partial charge in [-0.1, -0.05) is 13.8 Å². The predicted molar refractivity (Wildman–Crippen MR) is 70.9 cm³/mol. The average molecular weight is 237 g/mol. The standard InChI is InChI=1S/C13H23N3O/c1-5-15-9-11(14)7-12(15)13(17)16(6-2)8-10(3)4/h7,9-10H,5-6,8,14H2,1-4H3. The van der Waals surface area contributed by atoms with Crippen molar-refractivity contribution in [2.24, 2.45) is 5.92 Å². The molecule has 0 aliphatic carbocycles. The molecule has 1 rings (SSSR count). The topological polar surface area (TPSA) is 51.3 Å². The lowest BCUT2D eigenvalue weighted by atomic mass is 10.2. The quantitative estimate of drug-likeness (QED) is 0.853. The smallest absolute Gasteiger partial charge is 0.270 e. The van der Waals surface area contributed by atoms with Gasteiger partial charge < -0.3 is 15.2 Å². The third kappa shape index (κ3) is 3.25. The maximum Gasteiger partial charge on any atom is 0.270 e. The predicted octanol–water partition coefficient (Wildman–Crippen LogP) is 2.21. The van der Waals surface area contributed by atoms with Gasteiger partial charge in [0.05, 0.1) is 5.69 Å². The van der Waals surface area contributed by atoms with Gasteiger partial charge in [0.2, 0.25) is 0 Å². The Morgan fingerprint density at radius 2 is 2.12 bits per heavy atom. The first-order chi connectivity index (χ1) is 7.99. The van der Waals surface area contributed by atoms with Crippen molar-refractivity contribution in [3.63, 3.8) is 0 Å². The number of amides is 1. The number of rotatable bonds is 5. The summed E-state index contributed by atoms with van der Waals surface area (Å²) < 4.78 is 1.90. The van der Waals surface area contributed by atoms with Crippen LogP contribution in [0.3, 0.4) is 0 Å². The highest BCUT2D eigenvalue weighted by Gasteiger charge is 2.18. The lowest BCUT2D eigenvalue weighted by Gasteiger charge is -2.23. The van der Waals surface area contributed by atoms with E-state index in [0.29, 0.717) is 17.3 Å². The van der Waals surface area contributed by atoms with Crippen molar-refractivity contribution < 1.29 is 4.79 Å². The van der Waals surface area contributed by atoms with E-state index in [0.717, 1.165) is 19.6 Å². The summed E-state index contributed by atoms with van der Waals surface area (Å²) in [7, 11) is 0. The van der Waals surface area contributed by atoms with E-state index in [2.05, 4.69) is 13.8 Å². The fourth-order valence-electron chi connectivity index (χ4n) is 1.93. The molecule has 0 aliphatic heterocycles. The van der Waals surface area contributed by atoms with Gasteiger partial charge in [-0.2, -0.15) is 0 Å². The summed E-state index contributed by atoms with van der Waals surface area (Å²) in [6.45, 7) is 10.5. The summed E-state index contributed by atoms with van der Waals surface area (Å²) in [5, 5.41) is 0. The summed E-state index contributed by atoms with van der Waals surface area (Å²) in [5.74, 6) is 0.543. The Balaban J connectivity index is 2.92.